The summed E-state index contributed by atoms with van der Waals surface area (Å²) in [6.45, 7) is 7.44. The predicted molar refractivity (Wildman–Crippen MR) is 86.9 cm³/mol. The van der Waals surface area contributed by atoms with Crippen LogP contribution < -0.4 is 0 Å². The summed E-state index contributed by atoms with van der Waals surface area (Å²) in [5.74, 6) is 0.680. The minimum atomic E-state index is -0.00714. The van der Waals surface area contributed by atoms with Crippen LogP contribution in [0.25, 0.3) is 0 Å². The molecule has 0 spiro atoms. The van der Waals surface area contributed by atoms with Crippen molar-refractivity contribution >= 4 is 0 Å². The van der Waals surface area contributed by atoms with E-state index in [2.05, 4.69) is 45.0 Å². The molecule has 0 aromatic heterocycles. The van der Waals surface area contributed by atoms with Gasteiger partial charge in [-0.1, -0.05) is 70.4 Å². The van der Waals surface area contributed by atoms with Crippen LogP contribution in [-0.4, -0.2) is 6.61 Å². The lowest BCUT2D eigenvalue weighted by Crippen LogP contribution is -2.25. The predicted octanol–water partition coefficient (Wildman–Crippen LogP) is 5.69. The molecule has 0 radical (unpaired) electrons. The van der Waals surface area contributed by atoms with Gasteiger partial charge in [0.05, 0.1) is 6.61 Å². The molecule has 118 valence electrons. The van der Waals surface area contributed by atoms with Gasteiger partial charge in [-0.3, -0.25) is 0 Å². The van der Waals surface area contributed by atoms with Crippen LogP contribution in [-0.2, 0) is 9.78 Å². The maximum absolute atomic E-state index is 5.89. The zero-order valence-corrected chi connectivity index (χ0v) is 13.8. The minimum Gasteiger partial charge on any atom is -0.236 e. The first-order valence-electron chi connectivity index (χ1n) is 8.46. The van der Waals surface area contributed by atoms with E-state index in [1.54, 1.807) is 0 Å². The van der Waals surface area contributed by atoms with Gasteiger partial charge in [-0.2, -0.15) is 0 Å². The van der Waals surface area contributed by atoms with E-state index in [4.69, 9.17) is 9.78 Å². The van der Waals surface area contributed by atoms with Gasteiger partial charge in [0.25, 0.3) is 0 Å². The van der Waals surface area contributed by atoms with Crippen molar-refractivity contribution in [1.82, 2.24) is 0 Å². The van der Waals surface area contributed by atoms with E-state index in [0.29, 0.717) is 5.92 Å². The molecule has 1 saturated carbocycles. The molecule has 21 heavy (non-hydrogen) atoms. The summed E-state index contributed by atoms with van der Waals surface area (Å²) in [4.78, 5) is 11.6. The molecule has 1 aromatic carbocycles. The summed E-state index contributed by atoms with van der Waals surface area (Å²) in [5.41, 5.74) is 1.27. The average molecular weight is 290 g/mol. The third-order valence-electron chi connectivity index (χ3n) is 4.92. The maximum atomic E-state index is 5.89. The highest BCUT2D eigenvalue weighted by molar-refractivity contribution is 5.19. The van der Waals surface area contributed by atoms with Gasteiger partial charge in [0.2, 0.25) is 0 Å². The summed E-state index contributed by atoms with van der Waals surface area (Å²) in [6.07, 6.45) is 7.69. The Morgan fingerprint density at radius 2 is 1.76 bits per heavy atom. The molecule has 0 amide bonds. The first-order chi connectivity index (χ1) is 10.1. The van der Waals surface area contributed by atoms with Crippen LogP contribution in [0.5, 0.6) is 0 Å². The van der Waals surface area contributed by atoms with Crippen LogP contribution >= 0.6 is 0 Å². The van der Waals surface area contributed by atoms with Crippen molar-refractivity contribution in [3.8, 4) is 0 Å². The van der Waals surface area contributed by atoms with Gasteiger partial charge in [-0.15, -0.1) is 0 Å². The van der Waals surface area contributed by atoms with Crippen molar-refractivity contribution in [2.24, 2.45) is 11.3 Å². The van der Waals surface area contributed by atoms with Crippen LogP contribution in [0.15, 0.2) is 30.3 Å². The Hall–Kier alpha value is -0.860. The molecule has 0 bridgehead atoms. The number of hydrogen-bond donors (Lipinski definition) is 0. The van der Waals surface area contributed by atoms with Gasteiger partial charge < -0.3 is 0 Å². The second kappa shape index (κ2) is 7.95. The molecule has 0 saturated heterocycles. The van der Waals surface area contributed by atoms with Crippen molar-refractivity contribution < 1.29 is 9.78 Å². The van der Waals surface area contributed by atoms with E-state index < -0.39 is 0 Å². The third kappa shape index (κ3) is 4.82. The zero-order valence-electron chi connectivity index (χ0n) is 13.8. The Bertz CT molecular complexity index is 393. The third-order valence-corrected chi connectivity index (χ3v) is 4.92. The molecule has 1 aliphatic rings. The Morgan fingerprint density at radius 1 is 1.10 bits per heavy atom. The Balaban J connectivity index is 1.93. The smallest absolute Gasteiger partial charge is 0.123 e. The summed E-state index contributed by atoms with van der Waals surface area (Å²) >= 11 is 0. The molecule has 2 nitrogen and oxygen atoms in total. The lowest BCUT2D eigenvalue weighted by molar-refractivity contribution is -0.352. The summed E-state index contributed by atoms with van der Waals surface area (Å²) in [5, 5.41) is 0. The normalized spacial score (nSPS) is 18.6. The largest absolute Gasteiger partial charge is 0.236 e. The van der Waals surface area contributed by atoms with Crippen molar-refractivity contribution in [1.29, 1.82) is 0 Å². The molecular formula is C19H30O2. The number of rotatable bonds is 7. The van der Waals surface area contributed by atoms with Crippen LogP contribution in [0.4, 0.5) is 0 Å². The number of hydrogen-bond acceptors (Lipinski definition) is 2. The molecule has 2 heteroatoms. The fourth-order valence-corrected chi connectivity index (χ4v) is 3.01. The Morgan fingerprint density at radius 3 is 2.38 bits per heavy atom. The van der Waals surface area contributed by atoms with Crippen LogP contribution in [0.2, 0.25) is 0 Å². The second-order valence-corrected chi connectivity index (χ2v) is 7.02. The van der Waals surface area contributed by atoms with E-state index in [0.717, 1.165) is 13.0 Å². The highest BCUT2D eigenvalue weighted by Gasteiger charge is 2.31. The summed E-state index contributed by atoms with van der Waals surface area (Å²) in [7, 11) is 0. The molecule has 1 aliphatic carbocycles. The molecule has 0 aliphatic heterocycles. The number of benzene rings is 1. The lowest BCUT2D eigenvalue weighted by Gasteiger charge is -2.33. The molecule has 1 aromatic rings. The van der Waals surface area contributed by atoms with Crippen LogP contribution in [0.1, 0.15) is 71.0 Å². The zero-order chi connectivity index (χ0) is 15.1. The van der Waals surface area contributed by atoms with Gasteiger partial charge in [0.15, 0.2) is 0 Å². The molecule has 2 rings (SSSR count). The first kappa shape index (κ1) is 16.5. The highest BCUT2D eigenvalue weighted by Crippen LogP contribution is 2.39. The van der Waals surface area contributed by atoms with Gasteiger partial charge in [-0.25, -0.2) is 9.78 Å². The average Bonchev–Trinajstić information content (AvgIpc) is 2.53. The molecule has 1 fully saturated rings. The monoisotopic (exact) mass is 290 g/mol. The summed E-state index contributed by atoms with van der Waals surface area (Å²) in [6, 6.07) is 10.4. The van der Waals surface area contributed by atoms with Crippen molar-refractivity contribution in [2.75, 3.05) is 6.61 Å². The van der Waals surface area contributed by atoms with E-state index >= 15 is 0 Å². The van der Waals surface area contributed by atoms with Gasteiger partial charge in [-0.05, 0) is 36.2 Å². The standard InChI is InChI=1S/C19H30O2/c1-4-19(2,3)18(17-13-9-6-10-14-17)21-20-15-16-11-7-5-8-12-16/h6,9-10,13-14,16,18H,4-5,7-8,11-12,15H2,1-3H3. The topological polar surface area (TPSA) is 18.5 Å². The van der Waals surface area contributed by atoms with Crippen LogP contribution in [0.3, 0.4) is 0 Å². The van der Waals surface area contributed by atoms with E-state index in [9.17, 15) is 0 Å². The van der Waals surface area contributed by atoms with E-state index in [-0.39, 0.29) is 11.5 Å². The Kier molecular flexibility index (Phi) is 6.25. The quantitative estimate of drug-likeness (QED) is 0.474. The van der Waals surface area contributed by atoms with E-state index in [1.165, 1.54) is 37.7 Å². The van der Waals surface area contributed by atoms with Crippen molar-refractivity contribution in [3.63, 3.8) is 0 Å². The molecule has 0 heterocycles. The minimum absolute atomic E-state index is 0.00714. The highest BCUT2D eigenvalue weighted by atomic mass is 17.2. The van der Waals surface area contributed by atoms with Crippen LogP contribution in [0, 0.1) is 11.3 Å². The molecule has 1 unspecified atom stereocenters. The fraction of sp³-hybridized carbons (Fsp3) is 0.684. The first-order valence-corrected chi connectivity index (χ1v) is 8.46. The molecular weight excluding hydrogens is 260 g/mol. The van der Waals surface area contributed by atoms with Crippen molar-refractivity contribution in [2.45, 2.75) is 65.4 Å². The molecule has 0 N–H and O–H groups in total. The van der Waals surface area contributed by atoms with E-state index in [1.807, 2.05) is 6.07 Å². The lowest BCUT2D eigenvalue weighted by atomic mass is 9.80. The molecule has 1 atom stereocenters. The SMILES string of the molecule is CCC(C)(C)C(OOCC1CCCCC1)c1ccccc1. The summed E-state index contributed by atoms with van der Waals surface area (Å²) < 4.78 is 0. The van der Waals surface area contributed by atoms with Gasteiger partial charge >= 0.3 is 0 Å². The second-order valence-electron chi connectivity index (χ2n) is 7.02. The van der Waals surface area contributed by atoms with Crippen molar-refractivity contribution in [3.05, 3.63) is 35.9 Å². The van der Waals surface area contributed by atoms with Gasteiger partial charge in [0.1, 0.15) is 6.10 Å². The Labute approximate surface area is 129 Å². The maximum Gasteiger partial charge on any atom is 0.123 e. The fourth-order valence-electron chi connectivity index (χ4n) is 3.01. The van der Waals surface area contributed by atoms with Gasteiger partial charge in [0, 0.05) is 0 Å².